The molecule has 3 N–H and O–H groups in total. The number of esters is 1. The zero-order valence-electron chi connectivity index (χ0n) is 11.0. The van der Waals surface area contributed by atoms with Gasteiger partial charge in [0.25, 0.3) is 0 Å². The lowest BCUT2D eigenvalue weighted by Crippen LogP contribution is -2.39. The van der Waals surface area contributed by atoms with E-state index in [0.717, 1.165) is 12.8 Å². The van der Waals surface area contributed by atoms with Gasteiger partial charge in [-0.25, -0.2) is 0 Å². The molecule has 5 heteroatoms. The molecule has 0 amide bonds. The van der Waals surface area contributed by atoms with Crippen LogP contribution in [0, 0.1) is 5.41 Å². The van der Waals surface area contributed by atoms with Gasteiger partial charge in [0.1, 0.15) is 6.61 Å². The van der Waals surface area contributed by atoms with Gasteiger partial charge in [0, 0.05) is 6.42 Å². The number of carbonyl (C=O) groups is 1. The zero-order chi connectivity index (χ0) is 13.9. The lowest BCUT2D eigenvalue weighted by atomic mass is 9.93. The highest BCUT2D eigenvalue weighted by molar-refractivity contribution is 5.69. The van der Waals surface area contributed by atoms with Crippen LogP contribution in [-0.2, 0) is 9.53 Å². The third-order valence-corrected chi connectivity index (χ3v) is 2.70. The Morgan fingerprint density at radius 3 is 2.28 bits per heavy atom. The predicted molar refractivity (Wildman–Crippen MR) is 67.9 cm³/mol. The second-order valence-electron chi connectivity index (χ2n) is 4.41. The quantitative estimate of drug-likeness (QED) is 0.305. The first-order valence-corrected chi connectivity index (χ1v) is 6.27. The third-order valence-electron chi connectivity index (χ3n) is 2.70. The maximum atomic E-state index is 11.4. The van der Waals surface area contributed by atoms with Crippen LogP contribution in [0.15, 0.2) is 12.2 Å². The summed E-state index contributed by atoms with van der Waals surface area (Å²) < 4.78 is 4.94. The molecule has 0 aromatic rings. The van der Waals surface area contributed by atoms with Crippen LogP contribution < -0.4 is 0 Å². The minimum atomic E-state index is -1.14. The van der Waals surface area contributed by atoms with E-state index in [-0.39, 0.29) is 12.6 Å². The van der Waals surface area contributed by atoms with Crippen molar-refractivity contribution in [2.75, 3.05) is 26.4 Å². The molecule has 0 saturated heterocycles. The molecule has 0 aromatic heterocycles. The summed E-state index contributed by atoms with van der Waals surface area (Å²) in [6.45, 7) is 0.606. The molecule has 0 aliphatic rings. The van der Waals surface area contributed by atoms with Gasteiger partial charge in [0.2, 0.25) is 0 Å². The van der Waals surface area contributed by atoms with Gasteiger partial charge >= 0.3 is 5.97 Å². The highest BCUT2D eigenvalue weighted by Gasteiger charge is 2.29. The van der Waals surface area contributed by atoms with Crippen molar-refractivity contribution in [3.05, 3.63) is 12.2 Å². The molecule has 106 valence electrons. The maximum absolute atomic E-state index is 11.4. The molecular weight excluding hydrogens is 236 g/mol. The molecule has 0 bridgehead atoms. The van der Waals surface area contributed by atoms with Crippen molar-refractivity contribution in [2.24, 2.45) is 5.41 Å². The Hall–Kier alpha value is -0.910. The number of hydrogen-bond donors (Lipinski definition) is 3. The third kappa shape index (κ3) is 6.74. The average Bonchev–Trinajstić information content (AvgIpc) is 2.41. The normalized spacial score (nSPS) is 12.0. The summed E-state index contributed by atoms with van der Waals surface area (Å²) in [6, 6.07) is 0. The van der Waals surface area contributed by atoms with Gasteiger partial charge in [-0.2, -0.15) is 0 Å². The molecule has 0 heterocycles. The van der Waals surface area contributed by atoms with Crippen molar-refractivity contribution >= 4 is 5.97 Å². The SMILES string of the molecule is CC/C=C\CCCC(=O)OCC(CO)(CO)CO. The number of allylic oxidation sites excluding steroid dienone is 2. The zero-order valence-corrected chi connectivity index (χ0v) is 11.0. The standard InChI is InChI=1S/C13H24O5/c1-2-3-4-5-6-7-12(17)18-11-13(8-14,9-15)10-16/h3-4,14-16H,2,5-11H2,1H3/b4-3-. The van der Waals surface area contributed by atoms with E-state index in [0.29, 0.717) is 12.8 Å². The number of aliphatic hydroxyl groups is 3. The van der Waals surface area contributed by atoms with Crippen LogP contribution in [0.25, 0.3) is 0 Å². The summed E-state index contributed by atoms with van der Waals surface area (Å²) >= 11 is 0. The fourth-order valence-corrected chi connectivity index (χ4v) is 1.24. The van der Waals surface area contributed by atoms with Crippen LogP contribution in [0.3, 0.4) is 0 Å². The lowest BCUT2D eigenvalue weighted by molar-refractivity contribution is -0.151. The number of unbranched alkanes of at least 4 members (excludes halogenated alkanes) is 1. The largest absolute Gasteiger partial charge is 0.465 e. The number of carbonyl (C=O) groups excluding carboxylic acids is 1. The molecule has 18 heavy (non-hydrogen) atoms. The van der Waals surface area contributed by atoms with Crippen molar-refractivity contribution in [3.63, 3.8) is 0 Å². The molecule has 0 unspecified atom stereocenters. The number of hydrogen-bond acceptors (Lipinski definition) is 5. The summed E-state index contributed by atoms with van der Waals surface area (Å²) in [4.78, 5) is 11.4. The molecule has 0 aromatic carbocycles. The van der Waals surface area contributed by atoms with E-state index in [1.165, 1.54) is 0 Å². The maximum Gasteiger partial charge on any atom is 0.305 e. The highest BCUT2D eigenvalue weighted by atomic mass is 16.5. The summed E-state index contributed by atoms with van der Waals surface area (Å²) in [6.07, 6.45) is 6.88. The van der Waals surface area contributed by atoms with Crippen LogP contribution in [0.4, 0.5) is 0 Å². The van der Waals surface area contributed by atoms with E-state index >= 15 is 0 Å². The Morgan fingerprint density at radius 1 is 1.17 bits per heavy atom. The van der Waals surface area contributed by atoms with Crippen molar-refractivity contribution < 1.29 is 24.9 Å². The topological polar surface area (TPSA) is 87.0 Å². The van der Waals surface area contributed by atoms with Crippen LogP contribution in [0.1, 0.15) is 32.6 Å². The second kappa shape index (κ2) is 10.1. The average molecular weight is 260 g/mol. The molecule has 0 saturated carbocycles. The summed E-state index contributed by atoms with van der Waals surface area (Å²) in [7, 11) is 0. The first-order valence-electron chi connectivity index (χ1n) is 6.27. The lowest BCUT2D eigenvalue weighted by Gasteiger charge is -2.26. The van der Waals surface area contributed by atoms with Gasteiger partial charge in [0.15, 0.2) is 0 Å². The van der Waals surface area contributed by atoms with E-state index < -0.39 is 25.2 Å². The molecule has 0 fully saturated rings. The highest BCUT2D eigenvalue weighted by Crippen LogP contribution is 2.15. The van der Waals surface area contributed by atoms with Crippen LogP contribution in [-0.4, -0.2) is 47.7 Å². The Labute approximate surface area is 108 Å². The second-order valence-corrected chi connectivity index (χ2v) is 4.41. The van der Waals surface area contributed by atoms with Crippen molar-refractivity contribution in [3.8, 4) is 0 Å². The van der Waals surface area contributed by atoms with E-state index in [1.54, 1.807) is 0 Å². The van der Waals surface area contributed by atoms with E-state index in [2.05, 4.69) is 0 Å². The molecule has 0 aliphatic heterocycles. The van der Waals surface area contributed by atoms with Crippen LogP contribution >= 0.6 is 0 Å². The molecule has 0 spiro atoms. The van der Waals surface area contributed by atoms with Gasteiger partial charge in [0.05, 0.1) is 25.2 Å². The van der Waals surface area contributed by atoms with Gasteiger partial charge in [-0.05, 0) is 19.3 Å². The number of rotatable bonds is 10. The summed E-state index contributed by atoms with van der Waals surface area (Å²) in [5, 5.41) is 27.1. The first-order chi connectivity index (χ1) is 8.64. The van der Waals surface area contributed by atoms with E-state index in [9.17, 15) is 4.79 Å². The van der Waals surface area contributed by atoms with Gasteiger partial charge < -0.3 is 20.1 Å². The summed E-state index contributed by atoms with van der Waals surface area (Å²) in [5.74, 6) is -0.375. The fourth-order valence-electron chi connectivity index (χ4n) is 1.24. The smallest absolute Gasteiger partial charge is 0.305 e. The minimum absolute atomic E-state index is 0.167. The van der Waals surface area contributed by atoms with Crippen molar-refractivity contribution in [1.29, 1.82) is 0 Å². The van der Waals surface area contributed by atoms with Crippen LogP contribution in [0.5, 0.6) is 0 Å². The summed E-state index contributed by atoms with van der Waals surface area (Å²) in [5.41, 5.74) is -1.14. The van der Waals surface area contributed by atoms with Crippen molar-refractivity contribution in [1.82, 2.24) is 0 Å². The predicted octanol–water partition coefficient (Wildman–Crippen LogP) is 0.629. The Balaban J connectivity index is 3.84. The Morgan fingerprint density at radius 2 is 1.78 bits per heavy atom. The van der Waals surface area contributed by atoms with Gasteiger partial charge in [-0.15, -0.1) is 0 Å². The van der Waals surface area contributed by atoms with Crippen molar-refractivity contribution in [2.45, 2.75) is 32.6 Å². The van der Waals surface area contributed by atoms with E-state index in [4.69, 9.17) is 20.1 Å². The Kier molecular flexibility index (Phi) is 9.55. The van der Waals surface area contributed by atoms with Gasteiger partial charge in [-0.3, -0.25) is 4.79 Å². The minimum Gasteiger partial charge on any atom is -0.465 e. The fraction of sp³-hybridized carbons (Fsp3) is 0.769. The van der Waals surface area contributed by atoms with E-state index in [1.807, 2.05) is 19.1 Å². The van der Waals surface area contributed by atoms with Gasteiger partial charge in [-0.1, -0.05) is 19.1 Å². The van der Waals surface area contributed by atoms with Crippen LogP contribution in [0.2, 0.25) is 0 Å². The molecule has 0 aliphatic carbocycles. The Bertz CT molecular complexity index is 238. The molecular formula is C13H24O5. The first kappa shape index (κ1) is 17.1. The molecule has 0 atom stereocenters. The molecule has 0 rings (SSSR count). The number of ether oxygens (including phenoxy) is 1. The molecule has 5 nitrogen and oxygen atoms in total. The monoisotopic (exact) mass is 260 g/mol. The number of aliphatic hydroxyl groups excluding tert-OH is 3. The molecule has 0 radical (unpaired) electrons.